The van der Waals surface area contributed by atoms with Gasteiger partial charge in [-0.15, -0.1) is 0 Å². The second kappa shape index (κ2) is 10.9. The zero-order valence-electron chi connectivity index (χ0n) is 12.2. The predicted molar refractivity (Wildman–Crippen MR) is 75.6 cm³/mol. The van der Waals surface area contributed by atoms with Gasteiger partial charge in [0.15, 0.2) is 0 Å². The molecule has 112 valence electrons. The van der Waals surface area contributed by atoms with Gasteiger partial charge in [-0.1, -0.05) is 13.8 Å². The van der Waals surface area contributed by atoms with Crippen LogP contribution >= 0.6 is 0 Å². The molecule has 1 heterocycles. The van der Waals surface area contributed by atoms with Crippen molar-refractivity contribution >= 4 is 11.9 Å². The third-order valence-electron chi connectivity index (χ3n) is 2.43. The maximum Gasteiger partial charge on any atom is 0.339 e. The van der Waals surface area contributed by atoms with E-state index in [-0.39, 0.29) is 5.97 Å². The minimum Gasteiger partial charge on any atom is -0.481 e. The Labute approximate surface area is 119 Å². The van der Waals surface area contributed by atoms with Crippen LogP contribution in [-0.4, -0.2) is 53.2 Å². The average Bonchev–Trinajstić information content (AvgIpc) is 2.44. The van der Waals surface area contributed by atoms with Gasteiger partial charge in [0.1, 0.15) is 6.61 Å². The number of ether oxygens (including phenoxy) is 1. The first-order valence-corrected chi connectivity index (χ1v) is 6.50. The van der Waals surface area contributed by atoms with Crippen molar-refractivity contribution in [3.63, 3.8) is 0 Å². The maximum atomic E-state index is 11.5. The van der Waals surface area contributed by atoms with Crippen molar-refractivity contribution in [1.82, 2.24) is 9.88 Å². The molecule has 0 saturated heterocycles. The second-order valence-electron chi connectivity index (χ2n) is 3.92. The lowest BCUT2D eigenvalue weighted by Crippen LogP contribution is -2.27. The predicted octanol–water partition coefficient (Wildman–Crippen LogP) is 1.67. The number of aromatic nitrogens is 1. The number of carboxylic acids is 1. The van der Waals surface area contributed by atoms with Crippen LogP contribution in [0.3, 0.4) is 0 Å². The monoisotopic (exact) mass is 282 g/mol. The number of carbonyl (C=O) groups excluding carboxylic acids is 1. The van der Waals surface area contributed by atoms with Crippen molar-refractivity contribution in [2.75, 3.05) is 26.2 Å². The first-order chi connectivity index (χ1) is 9.51. The van der Waals surface area contributed by atoms with Crippen LogP contribution in [-0.2, 0) is 9.53 Å². The zero-order chi connectivity index (χ0) is 15.4. The molecule has 6 heteroatoms. The summed E-state index contributed by atoms with van der Waals surface area (Å²) in [5.41, 5.74) is 0.502. The lowest BCUT2D eigenvalue weighted by molar-refractivity contribution is -0.134. The number of esters is 1. The maximum absolute atomic E-state index is 11.5. The van der Waals surface area contributed by atoms with Crippen LogP contribution in [0.5, 0.6) is 0 Å². The van der Waals surface area contributed by atoms with E-state index in [2.05, 4.69) is 23.7 Å². The Morgan fingerprint density at radius 2 is 1.95 bits per heavy atom. The van der Waals surface area contributed by atoms with Crippen LogP contribution in [0.2, 0.25) is 0 Å². The molecule has 0 aliphatic carbocycles. The summed E-state index contributed by atoms with van der Waals surface area (Å²) < 4.78 is 5.14. The minimum absolute atomic E-state index is 0.305. The minimum atomic E-state index is -0.833. The molecule has 0 aromatic carbocycles. The van der Waals surface area contributed by atoms with E-state index in [0.717, 1.165) is 26.6 Å². The van der Waals surface area contributed by atoms with Crippen LogP contribution in [0, 0.1) is 0 Å². The molecule has 1 N–H and O–H groups in total. The smallest absolute Gasteiger partial charge is 0.339 e. The summed E-state index contributed by atoms with van der Waals surface area (Å²) in [6.07, 6.45) is 3.15. The highest BCUT2D eigenvalue weighted by Crippen LogP contribution is 1.99. The molecular weight excluding hydrogens is 260 g/mol. The number of likely N-dealkylation sites (N-methyl/N-ethyl adjacent to an activating group) is 1. The molecule has 1 aromatic heterocycles. The van der Waals surface area contributed by atoms with Crippen molar-refractivity contribution in [3.8, 4) is 0 Å². The van der Waals surface area contributed by atoms with E-state index >= 15 is 0 Å². The summed E-state index contributed by atoms with van der Waals surface area (Å²) >= 11 is 0. The number of aliphatic carboxylic acids is 1. The second-order valence-corrected chi connectivity index (χ2v) is 3.92. The van der Waals surface area contributed by atoms with Crippen molar-refractivity contribution in [2.24, 2.45) is 0 Å². The molecule has 0 saturated carbocycles. The van der Waals surface area contributed by atoms with Crippen molar-refractivity contribution in [1.29, 1.82) is 0 Å². The molecule has 1 rings (SSSR count). The molecule has 0 amide bonds. The van der Waals surface area contributed by atoms with Crippen LogP contribution in [0.4, 0.5) is 0 Å². The quantitative estimate of drug-likeness (QED) is 0.799. The van der Waals surface area contributed by atoms with Gasteiger partial charge in [0.05, 0.1) is 5.56 Å². The van der Waals surface area contributed by atoms with Gasteiger partial charge < -0.3 is 14.7 Å². The van der Waals surface area contributed by atoms with Gasteiger partial charge in [-0.3, -0.25) is 9.78 Å². The Morgan fingerprint density at radius 3 is 2.40 bits per heavy atom. The third-order valence-corrected chi connectivity index (χ3v) is 2.43. The van der Waals surface area contributed by atoms with E-state index in [4.69, 9.17) is 14.6 Å². The van der Waals surface area contributed by atoms with E-state index in [1.54, 1.807) is 18.3 Å². The number of carboxylic acid groups (broad SMARTS) is 1. The lowest BCUT2D eigenvalue weighted by Gasteiger charge is -2.17. The van der Waals surface area contributed by atoms with Crippen molar-refractivity contribution in [3.05, 3.63) is 30.1 Å². The zero-order valence-corrected chi connectivity index (χ0v) is 12.2. The fourth-order valence-corrected chi connectivity index (χ4v) is 1.37. The number of rotatable bonds is 6. The Kier molecular flexibility index (Phi) is 9.86. The first kappa shape index (κ1) is 18.0. The van der Waals surface area contributed by atoms with E-state index in [0.29, 0.717) is 12.2 Å². The van der Waals surface area contributed by atoms with Crippen LogP contribution in [0.15, 0.2) is 24.5 Å². The van der Waals surface area contributed by atoms with Crippen molar-refractivity contribution < 1.29 is 19.4 Å². The molecule has 0 fully saturated rings. The molecule has 0 unspecified atom stereocenters. The molecule has 0 bridgehead atoms. The highest BCUT2D eigenvalue weighted by atomic mass is 16.5. The molecule has 20 heavy (non-hydrogen) atoms. The lowest BCUT2D eigenvalue weighted by atomic mass is 10.3. The molecule has 0 spiro atoms. The SMILES string of the molecule is CC(=O)O.CCN(CC)CCOC(=O)c1cccnc1. The Morgan fingerprint density at radius 1 is 1.35 bits per heavy atom. The molecule has 1 aromatic rings. The first-order valence-electron chi connectivity index (χ1n) is 6.50. The summed E-state index contributed by atoms with van der Waals surface area (Å²) in [6.45, 7) is 8.41. The normalized spacial score (nSPS) is 9.60. The summed E-state index contributed by atoms with van der Waals surface area (Å²) in [6, 6.07) is 3.42. The van der Waals surface area contributed by atoms with E-state index in [9.17, 15) is 4.79 Å². The standard InChI is InChI=1S/C12H18N2O2.C2H4O2/c1-3-14(4-2)8-9-16-12(15)11-6-5-7-13-10-11;1-2(3)4/h5-7,10H,3-4,8-9H2,1-2H3;1H3,(H,3,4). The number of hydrogen-bond acceptors (Lipinski definition) is 5. The van der Waals surface area contributed by atoms with Gasteiger partial charge in [-0.2, -0.15) is 0 Å². The summed E-state index contributed by atoms with van der Waals surface area (Å²) in [5.74, 6) is -1.14. The van der Waals surface area contributed by atoms with E-state index in [1.807, 2.05) is 0 Å². The summed E-state index contributed by atoms with van der Waals surface area (Å²) in [4.78, 5) is 26.6. The van der Waals surface area contributed by atoms with Crippen LogP contribution in [0.1, 0.15) is 31.1 Å². The van der Waals surface area contributed by atoms with Crippen LogP contribution in [0.25, 0.3) is 0 Å². The fraction of sp³-hybridized carbons (Fsp3) is 0.500. The number of pyridine rings is 1. The molecule has 0 radical (unpaired) electrons. The number of carbonyl (C=O) groups is 2. The van der Waals surface area contributed by atoms with Crippen LogP contribution < -0.4 is 0 Å². The average molecular weight is 282 g/mol. The molecule has 0 aliphatic heterocycles. The largest absolute Gasteiger partial charge is 0.481 e. The Hall–Kier alpha value is -1.95. The van der Waals surface area contributed by atoms with Gasteiger partial charge in [-0.05, 0) is 25.2 Å². The number of nitrogens with zero attached hydrogens (tertiary/aromatic N) is 2. The highest BCUT2D eigenvalue weighted by molar-refractivity contribution is 5.88. The molecular formula is C14H22N2O4. The molecule has 6 nitrogen and oxygen atoms in total. The summed E-state index contributed by atoms with van der Waals surface area (Å²) in [7, 11) is 0. The fourth-order valence-electron chi connectivity index (χ4n) is 1.37. The van der Waals surface area contributed by atoms with Gasteiger partial charge >= 0.3 is 5.97 Å². The van der Waals surface area contributed by atoms with Gasteiger partial charge in [-0.25, -0.2) is 4.79 Å². The van der Waals surface area contributed by atoms with Gasteiger partial charge in [0, 0.05) is 25.9 Å². The summed E-state index contributed by atoms with van der Waals surface area (Å²) in [5, 5.41) is 7.42. The molecule has 0 atom stereocenters. The third kappa shape index (κ3) is 9.04. The van der Waals surface area contributed by atoms with Gasteiger partial charge in [0.2, 0.25) is 0 Å². The Bertz CT molecular complexity index is 387. The topological polar surface area (TPSA) is 79.7 Å². The Balaban J connectivity index is 0.000000796. The van der Waals surface area contributed by atoms with Gasteiger partial charge in [0.25, 0.3) is 5.97 Å². The van der Waals surface area contributed by atoms with E-state index in [1.165, 1.54) is 6.20 Å². The van der Waals surface area contributed by atoms with Crippen molar-refractivity contribution in [2.45, 2.75) is 20.8 Å². The highest BCUT2D eigenvalue weighted by Gasteiger charge is 2.07. The molecule has 0 aliphatic rings. The van der Waals surface area contributed by atoms with E-state index < -0.39 is 5.97 Å². The number of hydrogen-bond donors (Lipinski definition) is 1.